The Kier molecular flexibility index (Phi) is 6.94. The molecule has 30 heavy (non-hydrogen) atoms. The lowest BCUT2D eigenvalue weighted by molar-refractivity contribution is -0.135. The molecule has 0 saturated carbocycles. The summed E-state index contributed by atoms with van der Waals surface area (Å²) in [6, 6.07) is 8.70. The molecule has 1 amide bonds. The molecule has 2 aromatic rings. The fraction of sp³-hybridized carbons (Fsp3) is 0.429. The number of sulfonamides is 1. The van der Waals surface area contributed by atoms with Crippen LogP contribution in [-0.4, -0.2) is 62.9 Å². The van der Waals surface area contributed by atoms with Gasteiger partial charge in [0.25, 0.3) is 0 Å². The zero-order valence-corrected chi connectivity index (χ0v) is 18.3. The van der Waals surface area contributed by atoms with Crippen LogP contribution in [0.15, 0.2) is 47.6 Å². The first-order chi connectivity index (χ1) is 14.4. The molecule has 1 aliphatic rings. The molecule has 3 rings (SSSR count). The third kappa shape index (κ3) is 4.57. The minimum Gasteiger partial charge on any atom is -0.493 e. The lowest BCUT2D eigenvalue weighted by Gasteiger charge is -2.32. The van der Waals surface area contributed by atoms with Crippen LogP contribution >= 0.6 is 0 Å². The van der Waals surface area contributed by atoms with Crippen molar-refractivity contribution in [3.8, 4) is 11.5 Å². The SMILES string of the molecule is COc1cccc(CN(C)C(=O)C2CCN(S(=O)(=O)c3cccnc3)CC2)c1OC. The summed E-state index contributed by atoms with van der Waals surface area (Å²) in [7, 11) is 1.31. The average molecular weight is 434 g/mol. The highest BCUT2D eigenvalue weighted by Gasteiger charge is 2.33. The summed E-state index contributed by atoms with van der Waals surface area (Å²) in [6.07, 6.45) is 3.86. The number of methoxy groups -OCH3 is 2. The number of rotatable bonds is 7. The molecule has 0 atom stereocenters. The summed E-state index contributed by atoms with van der Waals surface area (Å²) in [4.78, 5) is 18.7. The number of aromatic nitrogens is 1. The summed E-state index contributed by atoms with van der Waals surface area (Å²) in [5, 5.41) is 0. The number of ether oxygens (including phenoxy) is 2. The molecule has 8 nitrogen and oxygen atoms in total. The fourth-order valence-corrected chi connectivity index (χ4v) is 5.15. The number of hydrogen-bond donors (Lipinski definition) is 0. The number of nitrogens with zero attached hydrogens (tertiary/aromatic N) is 3. The molecule has 1 aromatic carbocycles. The predicted octanol–water partition coefficient (Wildman–Crippen LogP) is 2.16. The topological polar surface area (TPSA) is 89.0 Å². The van der Waals surface area contributed by atoms with Crippen LogP contribution in [0.25, 0.3) is 0 Å². The van der Waals surface area contributed by atoms with Crippen molar-refractivity contribution in [2.75, 3.05) is 34.4 Å². The van der Waals surface area contributed by atoms with Crippen LogP contribution in [0.1, 0.15) is 18.4 Å². The normalized spacial score (nSPS) is 15.6. The zero-order chi connectivity index (χ0) is 21.7. The Morgan fingerprint density at radius 2 is 1.90 bits per heavy atom. The van der Waals surface area contributed by atoms with E-state index in [1.165, 1.54) is 22.8 Å². The third-order valence-electron chi connectivity index (χ3n) is 5.34. The van der Waals surface area contributed by atoms with E-state index < -0.39 is 10.0 Å². The van der Waals surface area contributed by atoms with Gasteiger partial charge in [0.1, 0.15) is 4.90 Å². The number of hydrogen-bond acceptors (Lipinski definition) is 6. The summed E-state index contributed by atoms with van der Waals surface area (Å²) < 4.78 is 37.7. The Hall–Kier alpha value is -2.65. The monoisotopic (exact) mass is 433 g/mol. The van der Waals surface area contributed by atoms with E-state index in [2.05, 4.69) is 4.98 Å². The van der Waals surface area contributed by atoms with Gasteiger partial charge in [-0.2, -0.15) is 4.31 Å². The van der Waals surface area contributed by atoms with Crippen molar-refractivity contribution in [3.63, 3.8) is 0 Å². The second kappa shape index (κ2) is 9.44. The van der Waals surface area contributed by atoms with E-state index in [1.807, 2.05) is 18.2 Å². The minimum absolute atomic E-state index is 0.00158. The molecule has 9 heteroatoms. The van der Waals surface area contributed by atoms with Gasteiger partial charge in [0.2, 0.25) is 15.9 Å². The summed E-state index contributed by atoms with van der Waals surface area (Å²) in [5.41, 5.74) is 0.851. The number of piperidine rings is 1. The second-order valence-electron chi connectivity index (χ2n) is 7.21. The van der Waals surface area contributed by atoms with Gasteiger partial charge in [0, 0.05) is 50.6 Å². The van der Waals surface area contributed by atoms with Crippen molar-refractivity contribution in [1.82, 2.24) is 14.2 Å². The summed E-state index contributed by atoms with van der Waals surface area (Å²) in [6.45, 7) is 1.00. The van der Waals surface area contributed by atoms with E-state index >= 15 is 0 Å². The predicted molar refractivity (Wildman–Crippen MR) is 112 cm³/mol. The molecule has 1 fully saturated rings. The minimum atomic E-state index is -3.58. The first-order valence-electron chi connectivity index (χ1n) is 9.73. The van der Waals surface area contributed by atoms with E-state index in [0.29, 0.717) is 44.0 Å². The number of pyridine rings is 1. The standard InChI is InChI=1S/C21H27N3O5S/c1-23(15-17-6-4-8-19(28-2)20(17)29-3)21(25)16-9-12-24(13-10-16)30(26,27)18-7-5-11-22-14-18/h4-8,11,14,16H,9-10,12-13,15H2,1-3H3. The highest BCUT2D eigenvalue weighted by atomic mass is 32.2. The van der Waals surface area contributed by atoms with Gasteiger partial charge in [-0.1, -0.05) is 12.1 Å². The van der Waals surface area contributed by atoms with Gasteiger partial charge in [-0.3, -0.25) is 9.78 Å². The van der Waals surface area contributed by atoms with Crippen LogP contribution in [0.3, 0.4) is 0 Å². The molecule has 1 aliphatic heterocycles. The average Bonchev–Trinajstić information content (AvgIpc) is 2.79. The molecule has 162 valence electrons. The van der Waals surface area contributed by atoms with E-state index in [9.17, 15) is 13.2 Å². The summed E-state index contributed by atoms with van der Waals surface area (Å²) in [5.74, 6) is 1.01. The van der Waals surface area contributed by atoms with Crippen molar-refractivity contribution < 1.29 is 22.7 Å². The molecule has 1 saturated heterocycles. The first kappa shape index (κ1) is 22.0. The van der Waals surface area contributed by atoms with Crippen molar-refractivity contribution in [2.24, 2.45) is 5.92 Å². The van der Waals surface area contributed by atoms with E-state index in [0.717, 1.165) is 5.56 Å². The van der Waals surface area contributed by atoms with Gasteiger partial charge in [-0.25, -0.2) is 8.42 Å². The molecule has 0 spiro atoms. The van der Waals surface area contributed by atoms with E-state index in [4.69, 9.17) is 9.47 Å². The fourth-order valence-electron chi connectivity index (χ4n) is 3.72. The molecule has 2 heterocycles. The first-order valence-corrected chi connectivity index (χ1v) is 11.2. The second-order valence-corrected chi connectivity index (χ2v) is 9.15. The number of carbonyl (C=O) groups is 1. The van der Waals surface area contributed by atoms with Gasteiger partial charge in [0.15, 0.2) is 11.5 Å². The van der Waals surface area contributed by atoms with Gasteiger partial charge >= 0.3 is 0 Å². The molecule has 0 radical (unpaired) electrons. The quantitative estimate of drug-likeness (QED) is 0.665. The zero-order valence-electron chi connectivity index (χ0n) is 17.4. The molecule has 0 unspecified atom stereocenters. The van der Waals surface area contributed by atoms with Crippen molar-refractivity contribution in [2.45, 2.75) is 24.3 Å². The van der Waals surface area contributed by atoms with Crippen LogP contribution in [-0.2, 0) is 21.4 Å². The van der Waals surface area contributed by atoms with Gasteiger partial charge in [0.05, 0.1) is 14.2 Å². The molecular formula is C21H27N3O5S. The van der Waals surface area contributed by atoms with Gasteiger partial charge < -0.3 is 14.4 Å². The lowest BCUT2D eigenvalue weighted by Crippen LogP contribution is -2.43. The van der Waals surface area contributed by atoms with Crippen LogP contribution < -0.4 is 9.47 Å². The van der Waals surface area contributed by atoms with Crippen LogP contribution in [0.4, 0.5) is 0 Å². The largest absolute Gasteiger partial charge is 0.493 e. The Morgan fingerprint density at radius 3 is 2.50 bits per heavy atom. The van der Waals surface area contributed by atoms with Crippen molar-refractivity contribution in [3.05, 3.63) is 48.3 Å². The number of para-hydroxylation sites is 1. The maximum Gasteiger partial charge on any atom is 0.244 e. The third-order valence-corrected chi connectivity index (χ3v) is 7.23. The van der Waals surface area contributed by atoms with Crippen molar-refractivity contribution in [1.29, 1.82) is 0 Å². The Bertz CT molecular complexity index is 973. The Morgan fingerprint density at radius 1 is 1.17 bits per heavy atom. The molecule has 0 aliphatic carbocycles. The maximum atomic E-state index is 13.0. The van der Waals surface area contributed by atoms with Gasteiger partial charge in [-0.15, -0.1) is 0 Å². The maximum absolute atomic E-state index is 13.0. The van der Waals surface area contributed by atoms with Crippen molar-refractivity contribution >= 4 is 15.9 Å². The highest BCUT2D eigenvalue weighted by Crippen LogP contribution is 2.32. The smallest absolute Gasteiger partial charge is 0.244 e. The van der Waals surface area contributed by atoms with E-state index in [-0.39, 0.29) is 16.7 Å². The molecule has 1 aromatic heterocycles. The van der Waals surface area contributed by atoms with Crippen LogP contribution in [0, 0.1) is 5.92 Å². The highest BCUT2D eigenvalue weighted by molar-refractivity contribution is 7.89. The van der Waals surface area contributed by atoms with E-state index in [1.54, 1.807) is 32.2 Å². The Labute approximate surface area is 177 Å². The molecular weight excluding hydrogens is 406 g/mol. The number of carbonyl (C=O) groups excluding carboxylic acids is 1. The Balaban J connectivity index is 1.63. The molecule has 0 N–H and O–H groups in total. The number of benzene rings is 1. The number of amides is 1. The van der Waals surface area contributed by atoms with Crippen LogP contribution in [0.5, 0.6) is 11.5 Å². The van der Waals surface area contributed by atoms with Gasteiger partial charge in [-0.05, 0) is 31.0 Å². The lowest BCUT2D eigenvalue weighted by atomic mass is 9.96. The molecule has 0 bridgehead atoms. The van der Waals surface area contributed by atoms with Crippen LogP contribution in [0.2, 0.25) is 0 Å². The summed E-state index contributed by atoms with van der Waals surface area (Å²) >= 11 is 0.